The Bertz CT molecular complexity index is 554. The van der Waals surface area contributed by atoms with E-state index < -0.39 is 0 Å². The second kappa shape index (κ2) is 8.93. The third-order valence-corrected chi connectivity index (χ3v) is 5.19. The number of carbonyl (C=O) groups excluding carboxylic acids is 1. The van der Waals surface area contributed by atoms with Crippen molar-refractivity contribution in [1.29, 1.82) is 0 Å². The standard InChI is InChI=1S/C18H25ClN2O2.ClH/c1-20-14-8-10-21(11-9-14)18(22)16-12-13(19)6-7-17(16)23-15-4-2-3-5-15;/h6-7,12,14-15,20H,2-5,8-11H2,1H3;1H. The first kappa shape index (κ1) is 19.4. The van der Waals surface area contributed by atoms with E-state index in [1.54, 1.807) is 12.1 Å². The smallest absolute Gasteiger partial charge is 0.257 e. The maximum absolute atomic E-state index is 12.9. The Morgan fingerprint density at radius 2 is 1.88 bits per heavy atom. The minimum Gasteiger partial charge on any atom is -0.490 e. The summed E-state index contributed by atoms with van der Waals surface area (Å²) in [6, 6.07) is 5.90. The van der Waals surface area contributed by atoms with E-state index >= 15 is 0 Å². The molecule has 1 heterocycles. The topological polar surface area (TPSA) is 41.6 Å². The monoisotopic (exact) mass is 372 g/mol. The molecule has 0 unspecified atom stereocenters. The predicted molar refractivity (Wildman–Crippen MR) is 99.6 cm³/mol. The molecule has 134 valence electrons. The first-order chi connectivity index (χ1) is 11.2. The van der Waals surface area contributed by atoms with Gasteiger partial charge in [0.1, 0.15) is 5.75 Å². The molecule has 1 N–H and O–H groups in total. The molecular formula is C18H26Cl2N2O2. The molecule has 0 aromatic heterocycles. The second-order valence-corrected chi connectivity index (χ2v) is 6.96. The zero-order valence-corrected chi connectivity index (χ0v) is 15.7. The molecule has 1 aliphatic heterocycles. The van der Waals surface area contributed by atoms with E-state index in [-0.39, 0.29) is 24.4 Å². The van der Waals surface area contributed by atoms with Gasteiger partial charge in [0.25, 0.3) is 5.91 Å². The first-order valence-corrected chi connectivity index (χ1v) is 8.98. The normalized spacial score (nSPS) is 19.2. The summed E-state index contributed by atoms with van der Waals surface area (Å²) in [7, 11) is 1.98. The van der Waals surface area contributed by atoms with Crippen LogP contribution in [0.4, 0.5) is 0 Å². The van der Waals surface area contributed by atoms with Crippen molar-refractivity contribution in [3.63, 3.8) is 0 Å². The molecule has 1 amide bonds. The van der Waals surface area contributed by atoms with Crippen LogP contribution in [0.5, 0.6) is 5.75 Å². The van der Waals surface area contributed by atoms with E-state index in [9.17, 15) is 4.79 Å². The van der Waals surface area contributed by atoms with Crippen molar-refractivity contribution >= 4 is 29.9 Å². The Morgan fingerprint density at radius 1 is 1.21 bits per heavy atom. The van der Waals surface area contributed by atoms with Gasteiger partial charge in [0.15, 0.2) is 0 Å². The fourth-order valence-corrected chi connectivity index (χ4v) is 3.67. The summed E-state index contributed by atoms with van der Waals surface area (Å²) in [6.07, 6.45) is 6.77. The molecule has 2 aliphatic rings. The largest absolute Gasteiger partial charge is 0.490 e. The van der Waals surface area contributed by atoms with Crippen LogP contribution in [0.15, 0.2) is 18.2 Å². The summed E-state index contributed by atoms with van der Waals surface area (Å²) in [5.41, 5.74) is 0.604. The van der Waals surface area contributed by atoms with Crippen molar-refractivity contribution < 1.29 is 9.53 Å². The van der Waals surface area contributed by atoms with Gasteiger partial charge in [0.05, 0.1) is 11.7 Å². The Hall–Kier alpha value is -0.970. The minimum atomic E-state index is 0. The Kier molecular flexibility index (Phi) is 7.20. The highest BCUT2D eigenvalue weighted by Crippen LogP contribution is 2.30. The Labute approximate surface area is 155 Å². The zero-order chi connectivity index (χ0) is 16.2. The number of likely N-dealkylation sites (tertiary alicyclic amines) is 1. The molecule has 1 saturated heterocycles. The Balaban J connectivity index is 0.00000208. The van der Waals surface area contributed by atoms with Gasteiger partial charge in [-0.2, -0.15) is 0 Å². The summed E-state index contributed by atoms with van der Waals surface area (Å²) in [5, 5.41) is 3.87. The molecular weight excluding hydrogens is 347 g/mol. The maximum Gasteiger partial charge on any atom is 0.257 e. The highest BCUT2D eigenvalue weighted by Gasteiger charge is 2.26. The van der Waals surface area contributed by atoms with Gasteiger partial charge in [-0.15, -0.1) is 12.4 Å². The van der Waals surface area contributed by atoms with Gasteiger partial charge in [-0.05, 0) is 63.8 Å². The van der Waals surface area contributed by atoms with Crippen LogP contribution in [0, 0.1) is 0 Å². The number of nitrogens with one attached hydrogen (secondary N) is 1. The lowest BCUT2D eigenvalue weighted by atomic mass is 10.0. The average Bonchev–Trinajstić information content (AvgIpc) is 3.09. The van der Waals surface area contributed by atoms with Crippen LogP contribution in [-0.2, 0) is 0 Å². The molecule has 1 aromatic carbocycles. The van der Waals surface area contributed by atoms with Gasteiger partial charge >= 0.3 is 0 Å². The van der Waals surface area contributed by atoms with Gasteiger partial charge in [-0.3, -0.25) is 4.79 Å². The predicted octanol–water partition coefficient (Wildman–Crippen LogP) is 3.91. The number of carbonyl (C=O) groups is 1. The molecule has 1 saturated carbocycles. The van der Waals surface area contributed by atoms with Gasteiger partial charge in [0.2, 0.25) is 0 Å². The highest BCUT2D eigenvalue weighted by molar-refractivity contribution is 6.31. The summed E-state index contributed by atoms with van der Waals surface area (Å²) >= 11 is 6.13. The van der Waals surface area contributed by atoms with Crippen molar-refractivity contribution in [3.8, 4) is 5.75 Å². The van der Waals surface area contributed by atoms with Crippen LogP contribution >= 0.6 is 24.0 Å². The molecule has 3 rings (SSSR count). The number of benzene rings is 1. The molecule has 0 radical (unpaired) electrons. The van der Waals surface area contributed by atoms with Crippen molar-refractivity contribution in [2.75, 3.05) is 20.1 Å². The first-order valence-electron chi connectivity index (χ1n) is 8.60. The lowest BCUT2D eigenvalue weighted by Crippen LogP contribution is -2.44. The lowest BCUT2D eigenvalue weighted by molar-refractivity contribution is 0.0700. The fourth-order valence-electron chi connectivity index (χ4n) is 3.50. The summed E-state index contributed by atoms with van der Waals surface area (Å²) < 4.78 is 6.10. The number of rotatable bonds is 4. The summed E-state index contributed by atoms with van der Waals surface area (Å²) in [5.74, 6) is 0.720. The number of hydrogen-bond acceptors (Lipinski definition) is 3. The van der Waals surface area contributed by atoms with Crippen LogP contribution in [0.3, 0.4) is 0 Å². The quantitative estimate of drug-likeness (QED) is 0.870. The van der Waals surface area contributed by atoms with Gasteiger partial charge in [-0.1, -0.05) is 11.6 Å². The molecule has 24 heavy (non-hydrogen) atoms. The third-order valence-electron chi connectivity index (χ3n) is 4.96. The molecule has 1 aromatic rings. The fraction of sp³-hybridized carbons (Fsp3) is 0.611. The Morgan fingerprint density at radius 3 is 2.50 bits per heavy atom. The number of piperidine rings is 1. The number of hydrogen-bond donors (Lipinski definition) is 1. The highest BCUT2D eigenvalue weighted by atomic mass is 35.5. The summed E-state index contributed by atoms with van der Waals surface area (Å²) in [6.45, 7) is 1.56. The zero-order valence-electron chi connectivity index (χ0n) is 14.1. The van der Waals surface area contributed by atoms with Crippen molar-refractivity contribution in [2.24, 2.45) is 0 Å². The molecule has 0 bridgehead atoms. The van der Waals surface area contributed by atoms with Crippen LogP contribution in [0.25, 0.3) is 0 Å². The van der Waals surface area contributed by atoms with E-state index in [1.165, 1.54) is 12.8 Å². The molecule has 6 heteroatoms. The van der Waals surface area contributed by atoms with Gasteiger partial charge in [-0.25, -0.2) is 0 Å². The SMILES string of the molecule is CNC1CCN(C(=O)c2cc(Cl)ccc2OC2CCCC2)CC1.Cl. The third kappa shape index (κ3) is 4.56. The van der Waals surface area contributed by atoms with E-state index in [2.05, 4.69) is 5.32 Å². The second-order valence-electron chi connectivity index (χ2n) is 6.52. The summed E-state index contributed by atoms with van der Waals surface area (Å²) in [4.78, 5) is 14.8. The average molecular weight is 373 g/mol. The van der Waals surface area contributed by atoms with Gasteiger partial charge < -0.3 is 15.0 Å². The van der Waals surface area contributed by atoms with Crippen molar-refractivity contribution in [2.45, 2.75) is 50.7 Å². The molecule has 1 aliphatic carbocycles. The molecule has 4 nitrogen and oxygen atoms in total. The van der Waals surface area contributed by atoms with Crippen LogP contribution in [0.1, 0.15) is 48.9 Å². The lowest BCUT2D eigenvalue weighted by Gasteiger charge is -2.32. The molecule has 0 spiro atoms. The van der Waals surface area contributed by atoms with E-state index in [1.807, 2.05) is 18.0 Å². The number of halogens is 2. The van der Waals surface area contributed by atoms with Crippen LogP contribution < -0.4 is 10.1 Å². The van der Waals surface area contributed by atoms with Crippen molar-refractivity contribution in [1.82, 2.24) is 10.2 Å². The van der Waals surface area contributed by atoms with Gasteiger partial charge in [0, 0.05) is 24.2 Å². The maximum atomic E-state index is 12.9. The van der Waals surface area contributed by atoms with Crippen molar-refractivity contribution in [3.05, 3.63) is 28.8 Å². The molecule has 0 atom stereocenters. The number of ether oxygens (including phenoxy) is 1. The van der Waals surface area contributed by atoms with Crippen LogP contribution in [0.2, 0.25) is 5.02 Å². The van der Waals surface area contributed by atoms with Crippen LogP contribution in [-0.4, -0.2) is 43.1 Å². The van der Waals surface area contributed by atoms with E-state index in [0.29, 0.717) is 22.4 Å². The minimum absolute atomic E-state index is 0. The number of amides is 1. The van der Waals surface area contributed by atoms with E-state index in [0.717, 1.165) is 38.8 Å². The molecule has 2 fully saturated rings. The van der Waals surface area contributed by atoms with E-state index in [4.69, 9.17) is 16.3 Å². The number of nitrogens with zero attached hydrogens (tertiary/aromatic N) is 1.